The number of benzene rings is 1. The number of carbonyl (C=O) groups is 1. The van der Waals surface area contributed by atoms with E-state index in [1.165, 1.54) is 12.8 Å². The molecule has 0 atom stereocenters. The predicted octanol–water partition coefficient (Wildman–Crippen LogP) is 1.14. The van der Waals surface area contributed by atoms with E-state index in [2.05, 4.69) is 20.9 Å². The molecule has 1 amide bonds. The maximum absolute atomic E-state index is 12.0. The Bertz CT molecular complexity index is 509. The molecule has 0 bridgehead atoms. The summed E-state index contributed by atoms with van der Waals surface area (Å²) in [5.41, 5.74) is 0.618. The van der Waals surface area contributed by atoms with E-state index in [-0.39, 0.29) is 5.91 Å². The molecule has 1 aliphatic rings. The Kier molecular flexibility index (Phi) is 6.06. The first-order chi connectivity index (χ1) is 10.7. The topological polar surface area (TPSA) is 74.8 Å². The monoisotopic (exact) mass is 304 g/mol. The second-order valence-electron chi connectivity index (χ2n) is 5.16. The molecular weight excluding hydrogens is 280 g/mol. The van der Waals surface area contributed by atoms with Crippen LogP contribution in [0.1, 0.15) is 30.1 Å². The lowest BCUT2D eigenvalue weighted by Gasteiger charge is -2.10. The molecule has 0 aliphatic heterocycles. The van der Waals surface area contributed by atoms with Crippen molar-refractivity contribution in [1.29, 1.82) is 0 Å². The van der Waals surface area contributed by atoms with Gasteiger partial charge in [0.05, 0.1) is 13.7 Å². The van der Waals surface area contributed by atoms with Gasteiger partial charge in [-0.1, -0.05) is 0 Å². The van der Waals surface area contributed by atoms with Gasteiger partial charge in [0.1, 0.15) is 5.75 Å². The van der Waals surface area contributed by atoms with Crippen LogP contribution in [0.15, 0.2) is 29.3 Å². The van der Waals surface area contributed by atoms with Crippen LogP contribution >= 0.6 is 0 Å². The average molecular weight is 304 g/mol. The molecule has 0 saturated heterocycles. The fourth-order valence-electron chi connectivity index (χ4n) is 1.92. The lowest BCUT2D eigenvalue weighted by molar-refractivity contribution is 0.0955. The molecule has 1 aromatic carbocycles. The van der Waals surface area contributed by atoms with Gasteiger partial charge < -0.3 is 20.7 Å². The second-order valence-corrected chi connectivity index (χ2v) is 5.16. The largest absolute Gasteiger partial charge is 0.497 e. The molecule has 22 heavy (non-hydrogen) atoms. The normalized spacial score (nSPS) is 14.4. The van der Waals surface area contributed by atoms with Crippen LogP contribution in [0.2, 0.25) is 0 Å². The maximum Gasteiger partial charge on any atom is 0.251 e. The third-order valence-electron chi connectivity index (χ3n) is 3.28. The Hall–Kier alpha value is -2.24. The minimum atomic E-state index is -0.0991. The van der Waals surface area contributed by atoms with Crippen molar-refractivity contribution in [2.75, 3.05) is 26.7 Å². The van der Waals surface area contributed by atoms with Crippen molar-refractivity contribution in [1.82, 2.24) is 16.0 Å². The van der Waals surface area contributed by atoms with Crippen LogP contribution in [-0.2, 0) is 0 Å². The summed E-state index contributed by atoms with van der Waals surface area (Å²) in [7, 11) is 1.60. The van der Waals surface area contributed by atoms with Gasteiger partial charge >= 0.3 is 0 Å². The summed E-state index contributed by atoms with van der Waals surface area (Å²) in [6.45, 7) is 3.92. The Labute approximate surface area is 131 Å². The van der Waals surface area contributed by atoms with Gasteiger partial charge in [0.25, 0.3) is 5.91 Å². The molecular formula is C16H24N4O2. The summed E-state index contributed by atoms with van der Waals surface area (Å²) in [5, 5.41) is 9.40. The molecule has 0 unspecified atom stereocenters. The van der Waals surface area contributed by atoms with Crippen LogP contribution in [0, 0.1) is 0 Å². The van der Waals surface area contributed by atoms with Gasteiger partial charge in [-0.2, -0.15) is 0 Å². The first-order valence-electron chi connectivity index (χ1n) is 7.70. The van der Waals surface area contributed by atoms with Crippen molar-refractivity contribution in [2.24, 2.45) is 4.99 Å². The highest BCUT2D eigenvalue weighted by Crippen LogP contribution is 2.18. The molecule has 3 N–H and O–H groups in total. The van der Waals surface area contributed by atoms with E-state index in [4.69, 9.17) is 4.74 Å². The zero-order valence-corrected chi connectivity index (χ0v) is 13.2. The standard InChI is InChI=1S/C16H24N4O2/c1-3-17-16(20-13-6-7-13)19-11-10-18-15(21)12-4-8-14(22-2)9-5-12/h4-5,8-9,13H,3,6-7,10-11H2,1-2H3,(H,18,21)(H2,17,19,20). The highest BCUT2D eigenvalue weighted by molar-refractivity contribution is 5.94. The molecule has 0 aromatic heterocycles. The average Bonchev–Trinajstić information content (AvgIpc) is 3.35. The summed E-state index contributed by atoms with van der Waals surface area (Å²) < 4.78 is 5.07. The zero-order valence-electron chi connectivity index (χ0n) is 13.2. The Morgan fingerprint density at radius 2 is 2.00 bits per heavy atom. The fraction of sp³-hybridized carbons (Fsp3) is 0.500. The van der Waals surface area contributed by atoms with Crippen molar-refractivity contribution in [3.05, 3.63) is 29.8 Å². The molecule has 2 rings (SSSR count). The lowest BCUT2D eigenvalue weighted by Crippen LogP contribution is -2.39. The summed E-state index contributed by atoms with van der Waals surface area (Å²) in [6.07, 6.45) is 2.41. The molecule has 1 saturated carbocycles. The molecule has 6 heteroatoms. The number of aliphatic imine (C=N–C) groups is 1. The van der Waals surface area contributed by atoms with Crippen molar-refractivity contribution in [3.63, 3.8) is 0 Å². The summed E-state index contributed by atoms with van der Waals surface area (Å²) >= 11 is 0. The summed E-state index contributed by atoms with van der Waals surface area (Å²) in [6, 6.07) is 7.60. The van der Waals surface area contributed by atoms with E-state index in [0.29, 0.717) is 24.7 Å². The van der Waals surface area contributed by atoms with Gasteiger partial charge in [-0.3, -0.25) is 9.79 Å². The van der Waals surface area contributed by atoms with Gasteiger partial charge in [0.2, 0.25) is 0 Å². The van der Waals surface area contributed by atoms with Crippen LogP contribution in [0.4, 0.5) is 0 Å². The Morgan fingerprint density at radius 3 is 2.59 bits per heavy atom. The fourth-order valence-corrected chi connectivity index (χ4v) is 1.92. The van der Waals surface area contributed by atoms with Gasteiger partial charge in [-0.25, -0.2) is 0 Å². The number of methoxy groups -OCH3 is 1. The van der Waals surface area contributed by atoms with Crippen LogP contribution in [-0.4, -0.2) is 44.7 Å². The lowest BCUT2D eigenvalue weighted by atomic mass is 10.2. The molecule has 6 nitrogen and oxygen atoms in total. The highest BCUT2D eigenvalue weighted by Gasteiger charge is 2.21. The molecule has 1 aliphatic carbocycles. The van der Waals surface area contributed by atoms with Gasteiger partial charge in [0, 0.05) is 24.7 Å². The molecule has 0 radical (unpaired) electrons. The Balaban J connectivity index is 1.74. The number of carbonyl (C=O) groups excluding carboxylic acids is 1. The Morgan fingerprint density at radius 1 is 1.27 bits per heavy atom. The number of ether oxygens (including phenoxy) is 1. The molecule has 0 heterocycles. The first-order valence-corrected chi connectivity index (χ1v) is 7.70. The second kappa shape index (κ2) is 8.26. The molecule has 1 fully saturated rings. The van der Waals surface area contributed by atoms with Crippen molar-refractivity contribution in [3.8, 4) is 5.75 Å². The summed E-state index contributed by atoms with van der Waals surface area (Å²) in [4.78, 5) is 16.4. The number of rotatable bonds is 7. The number of guanidine groups is 1. The summed E-state index contributed by atoms with van der Waals surface area (Å²) in [5.74, 6) is 1.46. The number of nitrogens with zero attached hydrogens (tertiary/aromatic N) is 1. The van der Waals surface area contributed by atoms with Crippen molar-refractivity contribution >= 4 is 11.9 Å². The third kappa shape index (κ3) is 5.27. The SMILES string of the molecule is CCNC(=NCCNC(=O)c1ccc(OC)cc1)NC1CC1. The van der Waals surface area contributed by atoms with E-state index in [1.807, 2.05) is 6.92 Å². The van der Waals surface area contributed by atoms with Gasteiger partial charge in [-0.05, 0) is 44.0 Å². The van der Waals surface area contributed by atoms with Crippen molar-refractivity contribution in [2.45, 2.75) is 25.8 Å². The zero-order chi connectivity index (χ0) is 15.8. The molecule has 0 spiro atoms. The minimum Gasteiger partial charge on any atom is -0.497 e. The minimum absolute atomic E-state index is 0.0991. The van der Waals surface area contributed by atoms with Gasteiger partial charge in [-0.15, -0.1) is 0 Å². The quantitative estimate of drug-likeness (QED) is 0.401. The smallest absolute Gasteiger partial charge is 0.251 e. The van der Waals surface area contributed by atoms with E-state index in [1.54, 1.807) is 31.4 Å². The van der Waals surface area contributed by atoms with Crippen molar-refractivity contribution < 1.29 is 9.53 Å². The van der Waals surface area contributed by atoms with Crippen LogP contribution in [0.25, 0.3) is 0 Å². The number of hydrogen-bond donors (Lipinski definition) is 3. The van der Waals surface area contributed by atoms with E-state index >= 15 is 0 Å². The third-order valence-corrected chi connectivity index (χ3v) is 3.28. The first kappa shape index (κ1) is 16.1. The van der Waals surface area contributed by atoms with E-state index in [9.17, 15) is 4.79 Å². The van der Waals surface area contributed by atoms with Crippen LogP contribution < -0.4 is 20.7 Å². The van der Waals surface area contributed by atoms with E-state index < -0.39 is 0 Å². The van der Waals surface area contributed by atoms with E-state index in [0.717, 1.165) is 18.3 Å². The number of nitrogens with one attached hydrogen (secondary N) is 3. The van der Waals surface area contributed by atoms with Gasteiger partial charge in [0.15, 0.2) is 5.96 Å². The van der Waals surface area contributed by atoms with Crippen LogP contribution in [0.3, 0.4) is 0 Å². The predicted molar refractivity (Wildman–Crippen MR) is 87.5 cm³/mol. The number of hydrogen-bond acceptors (Lipinski definition) is 3. The van der Waals surface area contributed by atoms with Crippen LogP contribution in [0.5, 0.6) is 5.75 Å². The number of amides is 1. The molecule has 1 aromatic rings. The molecule has 120 valence electrons. The highest BCUT2D eigenvalue weighted by atomic mass is 16.5. The maximum atomic E-state index is 12.0.